The molecular formula is C45H67N3O5S2. The molecule has 0 aromatic heterocycles. The second-order valence-electron chi connectivity index (χ2n) is 20.6. The zero-order chi connectivity index (χ0) is 39.4. The molecule has 304 valence electrons. The molecule has 9 unspecified atom stereocenters. The number of amides is 1. The molecule has 2 N–H and O–H groups in total. The first-order chi connectivity index (χ1) is 25.8. The molecule has 7 aliphatic rings. The van der Waals surface area contributed by atoms with E-state index in [1.165, 1.54) is 62.5 Å². The van der Waals surface area contributed by atoms with Crippen molar-refractivity contribution in [1.29, 1.82) is 0 Å². The van der Waals surface area contributed by atoms with Crippen molar-refractivity contribution in [3.05, 3.63) is 53.6 Å². The highest BCUT2D eigenvalue weighted by atomic mass is 32.2. The van der Waals surface area contributed by atoms with Crippen molar-refractivity contribution in [2.45, 2.75) is 123 Å². The summed E-state index contributed by atoms with van der Waals surface area (Å²) in [5.41, 5.74) is 4.97. The van der Waals surface area contributed by atoms with Gasteiger partial charge in [0.15, 0.2) is 9.84 Å². The number of carbonyl (C=O) groups is 1. The zero-order valence-electron chi connectivity index (χ0n) is 34.4. The summed E-state index contributed by atoms with van der Waals surface area (Å²) in [4.78, 5) is 15.2. The number of sulfone groups is 1. The number of rotatable bonds is 9. The summed E-state index contributed by atoms with van der Waals surface area (Å²) < 4.78 is 51.2. The van der Waals surface area contributed by atoms with Crippen LogP contribution >= 0.6 is 0 Å². The molecule has 6 aliphatic carbocycles. The van der Waals surface area contributed by atoms with Crippen LogP contribution in [0.3, 0.4) is 0 Å². The minimum atomic E-state index is -3.59. The van der Waals surface area contributed by atoms with Crippen LogP contribution in [-0.4, -0.2) is 76.1 Å². The average Bonchev–Trinajstić information content (AvgIpc) is 3.91. The fraction of sp³-hybridized carbons (Fsp3) is 0.756. The van der Waals surface area contributed by atoms with Gasteiger partial charge in [-0.05, 0) is 152 Å². The fourth-order valence-electron chi connectivity index (χ4n) is 14.4. The molecule has 8 rings (SSSR count). The Morgan fingerprint density at radius 2 is 1.56 bits per heavy atom. The SMILES string of the molecule is C=C(C)C1CCC2(NCCN3CCS(=O)(=O)CC3)CCC3(C)C(CCC4C5(C)CC=C(c6ccc(C(=O)NS(=O)(=O)C7CC7)cc6)C(C)(C)C5CCC43C)C12. The van der Waals surface area contributed by atoms with E-state index >= 15 is 0 Å². The molecule has 8 nitrogen and oxygen atoms in total. The summed E-state index contributed by atoms with van der Waals surface area (Å²) in [6, 6.07) is 7.62. The molecule has 1 amide bonds. The highest BCUT2D eigenvalue weighted by Gasteiger charge is 2.70. The van der Waals surface area contributed by atoms with Crippen molar-refractivity contribution >= 4 is 31.3 Å². The van der Waals surface area contributed by atoms with Crippen LogP contribution in [-0.2, 0) is 19.9 Å². The van der Waals surface area contributed by atoms with Crippen molar-refractivity contribution in [2.75, 3.05) is 37.7 Å². The van der Waals surface area contributed by atoms with Crippen LogP contribution in [0.4, 0.5) is 0 Å². The van der Waals surface area contributed by atoms with Crippen LogP contribution in [0, 0.1) is 51.2 Å². The van der Waals surface area contributed by atoms with E-state index in [2.05, 4.69) is 69.1 Å². The Labute approximate surface area is 332 Å². The van der Waals surface area contributed by atoms with Gasteiger partial charge in [-0.2, -0.15) is 0 Å². The van der Waals surface area contributed by atoms with Crippen molar-refractivity contribution < 1.29 is 21.6 Å². The van der Waals surface area contributed by atoms with Gasteiger partial charge in [0.1, 0.15) is 0 Å². The molecule has 1 heterocycles. The van der Waals surface area contributed by atoms with Gasteiger partial charge in [-0.15, -0.1) is 0 Å². The predicted octanol–water partition coefficient (Wildman–Crippen LogP) is 7.63. The van der Waals surface area contributed by atoms with Gasteiger partial charge >= 0.3 is 0 Å². The van der Waals surface area contributed by atoms with Gasteiger partial charge in [0.25, 0.3) is 5.91 Å². The second kappa shape index (κ2) is 13.5. The number of fused-ring (bicyclic) bond motifs is 7. The third-order valence-electron chi connectivity index (χ3n) is 17.6. The third kappa shape index (κ3) is 6.44. The highest BCUT2D eigenvalue weighted by molar-refractivity contribution is 7.91. The molecule has 0 bridgehead atoms. The largest absolute Gasteiger partial charge is 0.310 e. The van der Waals surface area contributed by atoms with Crippen molar-refractivity contribution in [3.8, 4) is 0 Å². The van der Waals surface area contributed by atoms with Crippen molar-refractivity contribution in [1.82, 2.24) is 14.9 Å². The summed E-state index contributed by atoms with van der Waals surface area (Å²) >= 11 is 0. The first-order valence-electron chi connectivity index (χ1n) is 21.5. The number of hydrogen-bond acceptors (Lipinski definition) is 7. The van der Waals surface area contributed by atoms with E-state index in [1.807, 2.05) is 12.1 Å². The summed E-state index contributed by atoms with van der Waals surface area (Å²) in [5, 5.41) is 3.78. The van der Waals surface area contributed by atoms with Gasteiger partial charge in [0.05, 0.1) is 16.8 Å². The van der Waals surface area contributed by atoms with Crippen LogP contribution in [0.1, 0.15) is 128 Å². The maximum absolute atomic E-state index is 12.9. The number of allylic oxidation sites excluding steroid dienone is 3. The van der Waals surface area contributed by atoms with Gasteiger partial charge in [0.2, 0.25) is 10.0 Å². The quantitative estimate of drug-likeness (QED) is 0.248. The van der Waals surface area contributed by atoms with E-state index < -0.39 is 31.0 Å². The second-order valence-corrected chi connectivity index (χ2v) is 24.8. The fourth-order valence-corrected chi connectivity index (χ4v) is 17.0. The number of benzene rings is 1. The number of hydrogen-bond donors (Lipinski definition) is 2. The van der Waals surface area contributed by atoms with Crippen LogP contribution in [0.15, 0.2) is 42.5 Å². The lowest BCUT2D eigenvalue weighted by molar-refractivity contribution is -0.219. The summed E-state index contributed by atoms with van der Waals surface area (Å²) in [6.45, 7) is 22.9. The third-order valence-corrected chi connectivity index (χ3v) is 21.1. The Morgan fingerprint density at radius 3 is 2.22 bits per heavy atom. The highest BCUT2D eigenvalue weighted by Crippen LogP contribution is 2.76. The standard InChI is InChI=1S/C45H67N3O5S2/c1-30(2)34-16-21-45(46-24-25-48-26-28-54(50,51)29-27-48)23-22-43(6)36(39(34)45)14-15-38-42(5)19-17-35(41(3,4)37(42)18-20-44(38,43)7)31-8-10-32(11-9-31)40(49)47-55(52,53)33-12-13-33/h8-11,17,33-34,36-39,46H,1,12-16,18-29H2,2-7H3,(H,47,49). The summed E-state index contributed by atoms with van der Waals surface area (Å²) in [5.74, 6) is 2.98. The lowest BCUT2D eigenvalue weighted by atomic mass is 9.33. The molecule has 55 heavy (non-hydrogen) atoms. The van der Waals surface area contributed by atoms with Crippen molar-refractivity contribution in [2.24, 2.45) is 51.2 Å². The molecule has 1 aliphatic heterocycles. The maximum Gasteiger partial charge on any atom is 0.264 e. The minimum Gasteiger partial charge on any atom is -0.310 e. The van der Waals surface area contributed by atoms with Crippen molar-refractivity contribution in [3.63, 3.8) is 0 Å². The minimum absolute atomic E-state index is 0.0497. The lowest BCUT2D eigenvalue weighted by Crippen LogP contribution is -2.68. The molecule has 0 radical (unpaired) electrons. The Bertz CT molecular complexity index is 1960. The van der Waals surface area contributed by atoms with E-state index in [4.69, 9.17) is 0 Å². The number of carbonyl (C=O) groups excluding carboxylic acids is 1. The summed E-state index contributed by atoms with van der Waals surface area (Å²) in [6.07, 6.45) is 14.7. The first kappa shape index (κ1) is 39.8. The Kier molecular flexibility index (Phi) is 9.78. The van der Waals surface area contributed by atoms with Gasteiger partial charge in [-0.1, -0.05) is 65.0 Å². The van der Waals surface area contributed by atoms with Crippen LogP contribution in [0.5, 0.6) is 0 Å². The number of nitrogens with zero attached hydrogens (tertiary/aromatic N) is 1. The van der Waals surface area contributed by atoms with Gasteiger partial charge in [-0.25, -0.2) is 21.6 Å². The zero-order valence-corrected chi connectivity index (χ0v) is 36.0. The van der Waals surface area contributed by atoms with Crippen LogP contribution in [0.25, 0.3) is 5.57 Å². The Morgan fingerprint density at radius 1 is 0.873 bits per heavy atom. The molecule has 1 saturated heterocycles. The van der Waals surface area contributed by atoms with E-state index in [1.54, 1.807) is 12.1 Å². The lowest BCUT2D eigenvalue weighted by Gasteiger charge is -2.72. The molecule has 0 spiro atoms. The van der Waals surface area contributed by atoms with E-state index in [9.17, 15) is 21.6 Å². The monoisotopic (exact) mass is 793 g/mol. The maximum atomic E-state index is 12.9. The number of nitrogens with one attached hydrogen (secondary N) is 2. The number of sulfonamides is 1. The van der Waals surface area contributed by atoms with E-state index in [0.717, 1.165) is 25.1 Å². The van der Waals surface area contributed by atoms with Crippen LogP contribution in [0.2, 0.25) is 0 Å². The molecule has 10 heteroatoms. The van der Waals surface area contributed by atoms with E-state index in [0.29, 0.717) is 61.1 Å². The first-order valence-corrected chi connectivity index (χ1v) is 24.8. The topological polar surface area (TPSA) is 113 Å². The molecule has 5 saturated carbocycles. The van der Waals surface area contributed by atoms with Crippen LogP contribution < -0.4 is 10.0 Å². The molecule has 6 fully saturated rings. The Hall–Kier alpha value is -2.01. The molecule has 1 aromatic carbocycles. The average molecular weight is 794 g/mol. The molecule has 9 atom stereocenters. The predicted molar refractivity (Wildman–Crippen MR) is 222 cm³/mol. The Balaban J connectivity index is 1.02. The smallest absolute Gasteiger partial charge is 0.264 e. The molecular weight excluding hydrogens is 727 g/mol. The molecule has 1 aromatic rings. The van der Waals surface area contributed by atoms with Gasteiger partial charge in [-0.3, -0.25) is 4.79 Å². The van der Waals surface area contributed by atoms with Gasteiger partial charge in [0, 0.05) is 37.3 Å². The van der Waals surface area contributed by atoms with E-state index in [-0.39, 0.29) is 38.7 Å². The summed E-state index contributed by atoms with van der Waals surface area (Å²) in [7, 11) is -6.47. The normalized spacial score (nSPS) is 40.8. The van der Waals surface area contributed by atoms with Gasteiger partial charge < -0.3 is 10.2 Å².